The molecular formula is C33H63NO5Si. The van der Waals surface area contributed by atoms with E-state index in [1.165, 1.54) is 43.4 Å². The monoisotopic (exact) mass is 581 g/mol. The van der Waals surface area contributed by atoms with E-state index >= 15 is 0 Å². The zero-order valence-electron chi connectivity index (χ0n) is 28.1. The molecule has 0 aromatic rings. The molecule has 1 aliphatic heterocycles. The van der Waals surface area contributed by atoms with E-state index in [4.69, 9.17) is 13.9 Å². The Hall–Kier alpha value is -1.07. The van der Waals surface area contributed by atoms with Gasteiger partial charge in [0.15, 0.2) is 8.32 Å². The lowest BCUT2D eigenvalue weighted by Crippen LogP contribution is -2.53. The average Bonchev–Trinajstić information content (AvgIpc) is 3.09. The van der Waals surface area contributed by atoms with Crippen molar-refractivity contribution in [2.75, 3.05) is 6.61 Å². The minimum absolute atomic E-state index is 0.239. The van der Waals surface area contributed by atoms with Crippen molar-refractivity contribution in [3.63, 3.8) is 0 Å². The van der Waals surface area contributed by atoms with Gasteiger partial charge in [0.25, 0.3) is 0 Å². The van der Waals surface area contributed by atoms with Crippen LogP contribution in [0.5, 0.6) is 0 Å². The molecule has 1 aliphatic rings. The third-order valence-electron chi connectivity index (χ3n) is 8.05. The van der Waals surface area contributed by atoms with Crippen molar-refractivity contribution in [1.29, 1.82) is 0 Å². The maximum Gasteiger partial charge on any atom is 0.413 e. The van der Waals surface area contributed by atoms with Crippen LogP contribution in [0.4, 0.5) is 4.79 Å². The van der Waals surface area contributed by atoms with Gasteiger partial charge in [-0.3, -0.25) is 4.90 Å². The summed E-state index contributed by atoms with van der Waals surface area (Å²) in [4.78, 5) is 14.2. The van der Waals surface area contributed by atoms with E-state index in [2.05, 4.69) is 59.6 Å². The smallest absolute Gasteiger partial charge is 0.413 e. The van der Waals surface area contributed by atoms with Gasteiger partial charge in [0, 0.05) is 12.5 Å². The van der Waals surface area contributed by atoms with Crippen molar-refractivity contribution in [2.45, 2.75) is 181 Å². The lowest BCUT2D eigenvalue weighted by Gasteiger charge is -2.40. The van der Waals surface area contributed by atoms with Crippen LogP contribution in [-0.4, -0.2) is 60.6 Å². The highest BCUT2D eigenvalue weighted by Gasteiger charge is 2.48. The summed E-state index contributed by atoms with van der Waals surface area (Å²) in [5.41, 5.74) is -1.46. The van der Waals surface area contributed by atoms with Gasteiger partial charge in [-0.15, -0.1) is 5.92 Å². The second-order valence-corrected chi connectivity index (χ2v) is 19.8. The normalized spacial score (nSPS) is 19.4. The summed E-state index contributed by atoms with van der Waals surface area (Å²) < 4.78 is 18.1. The molecular weight excluding hydrogens is 518 g/mol. The Balaban J connectivity index is 2.33. The predicted octanol–water partition coefficient (Wildman–Crippen LogP) is 8.67. The van der Waals surface area contributed by atoms with Crippen LogP contribution in [0.2, 0.25) is 18.1 Å². The summed E-state index contributed by atoms with van der Waals surface area (Å²) in [5.74, 6) is 6.73. The Morgan fingerprint density at radius 1 is 1.02 bits per heavy atom. The van der Waals surface area contributed by atoms with Crippen LogP contribution in [0.25, 0.3) is 0 Å². The van der Waals surface area contributed by atoms with Crippen LogP contribution < -0.4 is 0 Å². The van der Waals surface area contributed by atoms with Crippen molar-refractivity contribution in [3.8, 4) is 11.8 Å². The predicted molar refractivity (Wildman–Crippen MR) is 169 cm³/mol. The molecule has 7 heteroatoms. The fourth-order valence-electron chi connectivity index (χ4n) is 4.82. The molecule has 0 aliphatic carbocycles. The molecule has 0 aromatic carbocycles. The average molecular weight is 582 g/mol. The first kappa shape index (κ1) is 37.0. The summed E-state index contributed by atoms with van der Waals surface area (Å²) in [5, 5.41) is 11.0. The molecule has 1 rings (SSSR count). The number of hydrogen-bond acceptors (Lipinski definition) is 5. The van der Waals surface area contributed by atoms with Crippen LogP contribution in [0, 0.1) is 17.8 Å². The molecule has 40 heavy (non-hydrogen) atoms. The van der Waals surface area contributed by atoms with E-state index in [1.54, 1.807) is 0 Å². The summed E-state index contributed by atoms with van der Waals surface area (Å²) in [7, 11) is -1.73. The number of aliphatic hydroxyl groups is 1. The van der Waals surface area contributed by atoms with E-state index in [1.807, 2.05) is 34.6 Å². The minimum atomic E-state index is -1.73. The third kappa shape index (κ3) is 13.3. The molecule has 1 N–H and O–H groups in total. The number of ether oxygens (including phenoxy) is 2. The van der Waals surface area contributed by atoms with E-state index in [0.29, 0.717) is 12.0 Å². The number of rotatable bonds is 14. The number of hydrogen-bond donors (Lipinski definition) is 1. The van der Waals surface area contributed by atoms with Gasteiger partial charge in [-0.25, -0.2) is 4.79 Å². The Morgan fingerprint density at radius 2 is 1.57 bits per heavy atom. The lowest BCUT2D eigenvalue weighted by atomic mass is 10.00. The number of amides is 1. The topological polar surface area (TPSA) is 68.2 Å². The van der Waals surface area contributed by atoms with Gasteiger partial charge in [0.1, 0.15) is 17.4 Å². The van der Waals surface area contributed by atoms with E-state index in [-0.39, 0.29) is 11.6 Å². The third-order valence-corrected chi connectivity index (χ3v) is 12.6. The fourth-order valence-corrected chi connectivity index (χ4v) is 6.22. The Bertz CT molecular complexity index is 815. The molecule has 6 nitrogen and oxygen atoms in total. The largest absolute Gasteiger partial charge is 0.444 e. The van der Waals surface area contributed by atoms with Crippen LogP contribution in [-0.2, 0) is 13.9 Å². The van der Waals surface area contributed by atoms with E-state index in [9.17, 15) is 9.90 Å². The minimum Gasteiger partial charge on any atom is -0.444 e. The first-order chi connectivity index (χ1) is 18.3. The molecule has 0 aromatic heterocycles. The van der Waals surface area contributed by atoms with Gasteiger partial charge in [-0.2, -0.15) is 0 Å². The van der Waals surface area contributed by atoms with Crippen LogP contribution in [0.3, 0.4) is 0 Å². The Kier molecular flexibility index (Phi) is 14.7. The van der Waals surface area contributed by atoms with Gasteiger partial charge in [-0.1, -0.05) is 79.1 Å². The highest BCUT2D eigenvalue weighted by molar-refractivity contribution is 6.74. The van der Waals surface area contributed by atoms with Gasteiger partial charge >= 0.3 is 6.09 Å². The molecule has 0 spiro atoms. The van der Waals surface area contributed by atoms with E-state index < -0.39 is 37.9 Å². The van der Waals surface area contributed by atoms with E-state index in [0.717, 1.165) is 25.7 Å². The zero-order valence-corrected chi connectivity index (χ0v) is 29.1. The highest BCUT2D eigenvalue weighted by Crippen LogP contribution is 2.38. The molecule has 0 radical (unpaired) electrons. The second-order valence-electron chi connectivity index (χ2n) is 15.1. The first-order valence-corrected chi connectivity index (χ1v) is 18.7. The quantitative estimate of drug-likeness (QED) is 0.126. The summed E-state index contributed by atoms with van der Waals surface area (Å²) in [6.07, 6.45) is 10.5. The van der Waals surface area contributed by atoms with Crippen molar-refractivity contribution in [2.24, 2.45) is 5.92 Å². The maximum atomic E-state index is 12.8. The number of nitrogens with zero attached hydrogens (tertiary/aromatic N) is 1. The molecule has 1 saturated heterocycles. The molecule has 1 fully saturated rings. The van der Waals surface area contributed by atoms with Crippen molar-refractivity contribution >= 4 is 14.4 Å². The fraction of sp³-hybridized carbons (Fsp3) is 0.909. The molecule has 0 saturated carbocycles. The zero-order chi connectivity index (χ0) is 30.8. The van der Waals surface area contributed by atoms with Gasteiger partial charge in [0.05, 0.1) is 12.6 Å². The van der Waals surface area contributed by atoms with Crippen molar-refractivity contribution in [3.05, 3.63) is 0 Å². The number of carbonyl (C=O) groups excluding carboxylic acids is 1. The molecule has 0 bridgehead atoms. The highest BCUT2D eigenvalue weighted by atomic mass is 28.4. The number of aliphatic hydroxyl groups excluding tert-OH is 1. The molecule has 1 heterocycles. The summed E-state index contributed by atoms with van der Waals surface area (Å²) in [6.45, 7) is 25.7. The SMILES string of the molecule is CC(C)C[C@@H](CCCCCCCCCC#C[C@@H](O)[C@@H]1COC(C)(C)N1C(=O)OC(C)(C)C)O[Si](C)(C)C(C)(C)C. The maximum absolute atomic E-state index is 12.8. The van der Waals surface area contributed by atoms with Crippen LogP contribution in [0.15, 0.2) is 0 Å². The van der Waals surface area contributed by atoms with Crippen molar-refractivity contribution in [1.82, 2.24) is 4.90 Å². The molecule has 3 atom stereocenters. The number of unbranched alkanes of at least 4 members (excludes halogenated alkanes) is 7. The van der Waals surface area contributed by atoms with Gasteiger partial charge in [-0.05, 0) is 77.9 Å². The lowest BCUT2D eigenvalue weighted by molar-refractivity contribution is -0.0658. The first-order valence-electron chi connectivity index (χ1n) is 15.8. The summed E-state index contributed by atoms with van der Waals surface area (Å²) >= 11 is 0. The number of carbonyl (C=O) groups is 1. The standard InChI is InChI=1S/C33H63NO5Si/c1-26(2)24-27(39-40(11,12)32(6,7)8)22-20-18-16-14-13-15-17-19-21-23-29(35)28-25-37-33(9,10)34(28)30(36)38-31(3,4)5/h26-29,35H,13-20,22,24-25H2,1-12H3/t27-,28+,29-/m1/s1. The molecule has 234 valence electrons. The Labute approximate surface area is 248 Å². The molecule has 0 unspecified atom stereocenters. The van der Waals surface area contributed by atoms with Crippen LogP contribution >= 0.6 is 0 Å². The van der Waals surface area contributed by atoms with Gasteiger partial charge < -0.3 is 19.0 Å². The second kappa shape index (κ2) is 16.0. The molecule has 1 amide bonds. The van der Waals surface area contributed by atoms with Crippen LogP contribution in [0.1, 0.15) is 133 Å². The van der Waals surface area contributed by atoms with Gasteiger partial charge in [0.2, 0.25) is 0 Å². The Morgan fingerprint density at radius 3 is 2.10 bits per heavy atom. The summed E-state index contributed by atoms with van der Waals surface area (Å²) in [6, 6.07) is -0.537. The van der Waals surface area contributed by atoms with Crippen molar-refractivity contribution < 1.29 is 23.8 Å².